The summed E-state index contributed by atoms with van der Waals surface area (Å²) in [6.07, 6.45) is -2.97. The molecule has 0 aliphatic heterocycles. The van der Waals surface area contributed by atoms with E-state index in [4.69, 9.17) is 0 Å². The van der Waals surface area contributed by atoms with Crippen molar-refractivity contribution >= 4 is 28.9 Å². The zero-order valence-electron chi connectivity index (χ0n) is 10.7. The first-order chi connectivity index (χ1) is 8.58. The maximum Gasteiger partial charge on any atom is 0.422 e. The molecule has 1 rings (SSSR count). The third-order valence-electron chi connectivity index (χ3n) is 1.78. The van der Waals surface area contributed by atoms with Crippen LogP contribution in [0, 0.1) is 0 Å². The number of thiophene rings is 1. The fourth-order valence-corrected chi connectivity index (χ4v) is 2.21. The van der Waals surface area contributed by atoms with Crippen LogP contribution in [-0.2, 0) is 11.4 Å². The van der Waals surface area contributed by atoms with E-state index in [1.165, 1.54) is 12.3 Å². The molecular weight excluding hydrogens is 299 g/mol. The summed E-state index contributed by atoms with van der Waals surface area (Å²) in [5.74, 6) is 0. The lowest BCUT2D eigenvalue weighted by molar-refractivity contribution is -0.152. The van der Waals surface area contributed by atoms with Gasteiger partial charge in [0.25, 0.3) is 0 Å². The van der Waals surface area contributed by atoms with Crippen LogP contribution in [0.2, 0.25) is 0 Å². The van der Waals surface area contributed by atoms with Gasteiger partial charge in [-0.15, -0.1) is 0 Å². The Morgan fingerprint density at radius 2 is 2.00 bits per heavy atom. The van der Waals surface area contributed by atoms with Crippen molar-refractivity contribution in [1.82, 2.24) is 0 Å². The van der Waals surface area contributed by atoms with Crippen LogP contribution < -0.4 is 4.74 Å². The predicted molar refractivity (Wildman–Crippen MR) is 71.4 cm³/mol. The monoisotopic (exact) mass is 313 g/mol. The Kier molecular flexibility index (Phi) is 5.28. The van der Waals surface area contributed by atoms with Crippen molar-refractivity contribution in [2.75, 3.05) is 6.61 Å². The van der Waals surface area contributed by atoms with Gasteiger partial charge in [0.2, 0.25) is 0 Å². The van der Waals surface area contributed by atoms with Crippen LogP contribution in [0.1, 0.15) is 25.6 Å². The van der Waals surface area contributed by atoms with E-state index >= 15 is 0 Å². The highest BCUT2D eigenvalue weighted by Gasteiger charge is 2.28. The van der Waals surface area contributed by atoms with E-state index in [2.05, 4.69) is 9.13 Å². The zero-order valence-corrected chi connectivity index (χ0v) is 12.3. The molecule has 0 unspecified atom stereocenters. The fourth-order valence-electron chi connectivity index (χ4n) is 0.892. The summed E-state index contributed by atoms with van der Waals surface area (Å²) in [6.45, 7) is 4.03. The molecular formula is C11H14F3NO2S2. The second-order valence-corrected chi connectivity index (χ2v) is 7.67. The van der Waals surface area contributed by atoms with Crippen LogP contribution in [0.15, 0.2) is 16.5 Å². The number of nitrogens with zero attached hydrogens (tertiary/aromatic N) is 1. The van der Waals surface area contributed by atoms with Crippen molar-refractivity contribution in [3.8, 4) is 5.06 Å². The quantitative estimate of drug-likeness (QED) is 0.630. The van der Waals surface area contributed by atoms with Crippen molar-refractivity contribution in [1.29, 1.82) is 0 Å². The molecule has 19 heavy (non-hydrogen) atoms. The smallest absolute Gasteiger partial charge is 0.422 e. The normalized spacial score (nSPS) is 14.9. The largest absolute Gasteiger partial charge is 0.591 e. The minimum absolute atomic E-state index is 0.153. The summed E-state index contributed by atoms with van der Waals surface area (Å²) >= 11 is -0.371. The molecule has 0 spiro atoms. The Balaban J connectivity index is 2.58. The van der Waals surface area contributed by atoms with E-state index in [9.17, 15) is 17.7 Å². The summed E-state index contributed by atoms with van der Waals surface area (Å²) in [4.78, 5) is 0.592. The van der Waals surface area contributed by atoms with Crippen molar-refractivity contribution in [3.63, 3.8) is 0 Å². The van der Waals surface area contributed by atoms with Gasteiger partial charge >= 0.3 is 6.18 Å². The van der Waals surface area contributed by atoms with Crippen LogP contribution in [0.4, 0.5) is 13.2 Å². The lowest BCUT2D eigenvalue weighted by Crippen LogP contribution is -2.25. The van der Waals surface area contributed by atoms with E-state index in [0.717, 1.165) is 11.3 Å². The van der Waals surface area contributed by atoms with Crippen LogP contribution in [0.3, 0.4) is 0 Å². The Labute approximate surface area is 116 Å². The molecule has 0 radical (unpaired) electrons. The first kappa shape index (κ1) is 16.3. The maximum atomic E-state index is 11.9. The fraction of sp³-hybridized carbons (Fsp3) is 0.545. The summed E-state index contributed by atoms with van der Waals surface area (Å²) in [5, 5.41) is 0.153. The lowest BCUT2D eigenvalue weighted by atomic mass is 10.3. The van der Waals surface area contributed by atoms with Crippen LogP contribution in [-0.4, -0.2) is 28.3 Å². The summed E-state index contributed by atoms with van der Waals surface area (Å²) in [7, 11) is 0. The van der Waals surface area contributed by atoms with Gasteiger partial charge in [-0.2, -0.15) is 13.2 Å². The highest BCUT2D eigenvalue weighted by Crippen LogP contribution is 2.26. The first-order valence-corrected chi connectivity index (χ1v) is 7.26. The third kappa shape index (κ3) is 6.31. The van der Waals surface area contributed by atoms with Gasteiger partial charge in [-0.25, -0.2) is 0 Å². The molecule has 0 N–H and O–H groups in total. The third-order valence-corrected chi connectivity index (χ3v) is 4.06. The second-order valence-electron chi connectivity index (χ2n) is 4.66. The summed E-state index contributed by atoms with van der Waals surface area (Å²) < 4.78 is 55.5. The Bertz CT molecular complexity index is 438. The van der Waals surface area contributed by atoms with E-state index in [1.54, 1.807) is 26.8 Å². The van der Waals surface area contributed by atoms with Gasteiger partial charge in [0.15, 0.2) is 11.7 Å². The molecule has 3 nitrogen and oxygen atoms in total. The highest BCUT2D eigenvalue weighted by molar-refractivity contribution is 7.91. The number of hydrogen-bond acceptors (Lipinski definition) is 4. The lowest BCUT2D eigenvalue weighted by Gasteiger charge is -2.17. The second kappa shape index (κ2) is 6.15. The van der Waals surface area contributed by atoms with Gasteiger partial charge in [-0.05, 0) is 32.9 Å². The van der Waals surface area contributed by atoms with Crippen molar-refractivity contribution in [2.45, 2.75) is 31.7 Å². The molecule has 0 aliphatic rings. The minimum Gasteiger partial charge on any atom is -0.591 e. The Morgan fingerprint density at radius 1 is 1.37 bits per heavy atom. The molecule has 1 atom stereocenters. The van der Waals surface area contributed by atoms with Crippen molar-refractivity contribution < 1.29 is 22.5 Å². The van der Waals surface area contributed by atoms with Gasteiger partial charge < -0.3 is 9.29 Å². The molecule has 0 bridgehead atoms. The molecule has 0 saturated heterocycles. The molecule has 0 aromatic carbocycles. The minimum atomic E-state index is -4.36. The molecule has 108 valence electrons. The predicted octanol–water partition coefficient (Wildman–Crippen LogP) is 3.57. The molecule has 1 aromatic heterocycles. The van der Waals surface area contributed by atoms with Gasteiger partial charge in [-0.1, -0.05) is 15.7 Å². The molecule has 0 amide bonds. The van der Waals surface area contributed by atoms with E-state index in [1.807, 2.05) is 0 Å². The van der Waals surface area contributed by atoms with Gasteiger partial charge in [0.1, 0.15) is 16.1 Å². The number of ether oxygens (including phenoxy) is 1. The van der Waals surface area contributed by atoms with Gasteiger partial charge in [0, 0.05) is 0 Å². The number of rotatable bonds is 4. The number of halogens is 3. The maximum absolute atomic E-state index is 11.9. The van der Waals surface area contributed by atoms with Gasteiger partial charge in [-0.3, -0.25) is 0 Å². The number of hydrogen-bond donors (Lipinski definition) is 0. The zero-order chi connectivity index (χ0) is 14.7. The average molecular weight is 313 g/mol. The topological polar surface area (TPSA) is 44.7 Å². The SMILES string of the molecule is CC(C)(C)[S@+]([O-])N=Cc1ccc(OCC(F)(F)F)s1. The Morgan fingerprint density at radius 3 is 2.53 bits per heavy atom. The van der Waals surface area contributed by atoms with Crippen molar-refractivity contribution in [2.24, 2.45) is 4.40 Å². The molecule has 0 aliphatic carbocycles. The van der Waals surface area contributed by atoms with E-state index in [-0.39, 0.29) is 5.06 Å². The standard InChI is InChI=1S/C11H14F3NO2S2/c1-10(2,3)19(16)15-6-8-4-5-9(18-8)17-7-11(12,13)14/h4-6H,7H2,1-3H3/t19-/m0/s1. The van der Waals surface area contributed by atoms with Crippen LogP contribution >= 0.6 is 11.3 Å². The van der Waals surface area contributed by atoms with Crippen LogP contribution in [0.5, 0.6) is 5.06 Å². The van der Waals surface area contributed by atoms with E-state index in [0.29, 0.717) is 4.88 Å². The van der Waals surface area contributed by atoms with Crippen LogP contribution in [0.25, 0.3) is 0 Å². The summed E-state index contributed by atoms with van der Waals surface area (Å²) in [5.41, 5.74) is 0. The number of alkyl halides is 3. The molecule has 0 fully saturated rings. The average Bonchev–Trinajstić information content (AvgIpc) is 2.68. The highest BCUT2D eigenvalue weighted by atomic mass is 32.2. The van der Waals surface area contributed by atoms with Gasteiger partial charge in [0.05, 0.1) is 11.1 Å². The van der Waals surface area contributed by atoms with Crippen molar-refractivity contribution in [3.05, 3.63) is 17.0 Å². The first-order valence-electron chi connectivity index (χ1n) is 5.33. The Hall–Kier alpha value is -0.730. The van der Waals surface area contributed by atoms with E-state index < -0.39 is 28.9 Å². The molecule has 8 heteroatoms. The molecule has 1 heterocycles. The molecule has 1 aromatic rings. The molecule has 0 saturated carbocycles. The summed E-state index contributed by atoms with van der Waals surface area (Å²) in [6, 6.07) is 3.00.